The third-order valence-electron chi connectivity index (χ3n) is 7.27. The van der Waals surface area contributed by atoms with Crippen LogP contribution in [0.4, 0.5) is 5.69 Å². The molecule has 35 heavy (non-hydrogen) atoms. The van der Waals surface area contributed by atoms with E-state index in [4.69, 9.17) is 16.0 Å². The van der Waals surface area contributed by atoms with Crippen LogP contribution in [0.25, 0.3) is 11.0 Å². The molecule has 2 aliphatic rings. The van der Waals surface area contributed by atoms with Gasteiger partial charge >= 0.3 is 0 Å². The highest BCUT2D eigenvalue weighted by Crippen LogP contribution is 2.52. The van der Waals surface area contributed by atoms with Crippen LogP contribution in [0.1, 0.15) is 38.4 Å². The lowest BCUT2D eigenvalue weighted by atomic mass is 9.83. The molecular weight excluding hydrogens is 464 g/mol. The minimum absolute atomic E-state index is 0.0322. The average Bonchev–Trinajstić information content (AvgIpc) is 3.22. The lowest BCUT2D eigenvalue weighted by Gasteiger charge is -2.34. The lowest BCUT2D eigenvalue weighted by Crippen LogP contribution is -2.52. The van der Waals surface area contributed by atoms with Crippen molar-refractivity contribution in [2.24, 2.45) is 0 Å². The van der Waals surface area contributed by atoms with Crippen LogP contribution in [-0.2, 0) is 16.9 Å². The highest BCUT2D eigenvalue weighted by atomic mass is 35.5. The second-order valence-electron chi connectivity index (χ2n) is 9.14. The van der Waals surface area contributed by atoms with Gasteiger partial charge in [-0.3, -0.25) is 14.4 Å². The molecule has 3 aromatic carbocycles. The molecule has 3 heterocycles. The van der Waals surface area contributed by atoms with E-state index in [1.165, 1.54) is 9.80 Å². The van der Waals surface area contributed by atoms with E-state index < -0.39 is 11.4 Å². The van der Waals surface area contributed by atoms with Gasteiger partial charge in [-0.25, -0.2) is 0 Å². The molecule has 0 radical (unpaired) electrons. The number of carbonyl (C=O) groups is 2. The van der Waals surface area contributed by atoms with Gasteiger partial charge < -0.3 is 14.2 Å². The second-order valence-corrected chi connectivity index (χ2v) is 9.55. The second kappa shape index (κ2) is 7.30. The predicted molar refractivity (Wildman–Crippen MR) is 134 cm³/mol. The first-order valence-electron chi connectivity index (χ1n) is 11.3. The number of fused-ring (bicyclic) bond motifs is 5. The monoisotopic (exact) mass is 484 g/mol. The van der Waals surface area contributed by atoms with Crippen molar-refractivity contribution >= 4 is 40.1 Å². The summed E-state index contributed by atoms with van der Waals surface area (Å²) in [5.74, 6) is -1.000. The third-order valence-corrected chi connectivity index (χ3v) is 7.64. The number of nitrogens with zero attached hydrogens (tertiary/aromatic N) is 2. The minimum Gasteiger partial charge on any atom is -0.450 e. The molecule has 2 amide bonds. The SMILES string of the molecule is Cc1cc2oc3c(c(=O)c2cc1C)C1(C(=O)N(C)c2ccccc21)N(Cc1ccccc1Cl)C3=O. The number of aryl methyl sites for hydroxylation is 2. The van der Waals surface area contributed by atoms with Gasteiger partial charge in [0.1, 0.15) is 5.58 Å². The first-order chi connectivity index (χ1) is 16.8. The summed E-state index contributed by atoms with van der Waals surface area (Å²) in [5.41, 5.74) is 2.10. The maximum Gasteiger partial charge on any atom is 0.291 e. The number of hydrogen-bond acceptors (Lipinski definition) is 4. The topological polar surface area (TPSA) is 70.8 Å². The Morgan fingerprint density at radius 3 is 2.40 bits per heavy atom. The normalized spacial score (nSPS) is 18.6. The number of halogens is 1. The maximum absolute atomic E-state index is 14.1. The summed E-state index contributed by atoms with van der Waals surface area (Å²) in [6.07, 6.45) is 0. The van der Waals surface area contributed by atoms with Crippen LogP contribution in [0, 0.1) is 13.8 Å². The van der Waals surface area contributed by atoms with Crippen LogP contribution in [0.5, 0.6) is 0 Å². The summed E-state index contributed by atoms with van der Waals surface area (Å²) in [7, 11) is 1.65. The molecule has 1 aromatic heterocycles. The third kappa shape index (κ3) is 2.68. The molecule has 0 saturated heterocycles. The summed E-state index contributed by atoms with van der Waals surface area (Å²) in [5, 5.41) is 0.813. The van der Waals surface area contributed by atoms with Crippen molar-refractivity contribution in [3.05, 3.63) is 109 Å². The maximum atomic E-state index is 14.1. The number of hydrogen-bond donors (Lipinski definition) is 0. The Balaban J connectivity index is 1.73. The predicted octanol–water partition coefficient (Wildman–Crippen LogP) is 4.94. The summed E-state index contributed by atoms with van der Waals surface area (Å²) in [6.45, 7) is 3.86. The van der Waals surface area contributed by atoms with Crippen LogP contribution >= 0.6 is 11.6 Å². The number of para-hydroxylation sites is 1. The molecular formula is C28H21ClN2O4. The van der Waals surface area contributed by atoms with Crippen molar-refractivity contribution in [3.63, 3.8) is 0 Å². The van der Waals surface area contributed by atoms with E-state index in [1.54, 1.807) is 49.5 Å². The van der Waals surface area contributed by atoms with E-state index in [0.717, 1.165) is 11.1 Å². The van der Waals surface area contributed by atoms with Gasteiger partial charge in [-0.2, -0.15) is 0 Å². The highest BCUT2D eigenvalue weighted by molar-refractivity contribution is 6.31. The zero-order valence-corrected chi connectivity index (χ0v) is 20.1. The van der Waals surface area contributed by atoms with E-state index in [9.17, 15) is 14.4 Å². The largest absolute Gasteiger partial charge is 0.450 e. The fraction of sp³-hybridized carbons (Fsp3) is 0.179. The van der Waals surface area contributed by atoms with Gasteiger partial charge in [-0.1, -0.05) is 48.0 Å². The van der Waals surface area contributed by atoms with Gasteiger partial charge in [-0.05, 0) is 54.8 Å². The van der Waals surface area contributed by atoms with Crippen LogP contribution in [0.15, 0.2) is 69.9 Å². The van der Waals surface area contributed by atoms with Gasteiger partial charge in [0.25, 0.3) is 11.8 Å². The van der Waals surface area contributed by atoms with Crippen LogP contribution < -0.4 is 10.3 Å². The molecule has 6 nitrogen and oxygen atoms in total. The summed E-state index contributed by atoms with van der Waals surface area (Å²) in [6, 6.07) is 17.9. The Morgan fingerprint density at radius 1 is 0.943 bits per heavy atom. The minimum atomic E-state index is -1.65. The van der Waals surface area contributed by atoms with Crippen molar-refractivity contribution < 1.29 is 14.0 Å². The molecule has 174 valence electrons. The summed E-state index contributed by atoms with van der Waals surface area (Å²) >= 11 is 6.46. The Labute approximate surface area is 206 Å². The average molecular weight is 485 g/mol. The number of amides is 2. The van der Waals surface area contributed by atoms with Gasteiger partial charge in [-0.15, -0.1) is 0 Å². The highest BCUT2D eigenvalue weighted by Gasteiger charge is 2.64. The van der Waals surface area contributed by atoms with Crippen LogP contribution in [0.3, 0.4) is 0 Å². The smallest absolute Gasteiger partial charge is 0.291 e. The molecule has 7 heteroatoms. The van der Waals surface area contributed by atoms with Crippen molar-refractivity contribution in [1.29, 1.82) is 0 Å². The fourth-order valence-electron chi connectivity index (χ4n) is 5.37. The van der Waals surface area contributed by atoms with Crippen molar-refractivity contribution in [2.75, 3.05) is 11.9 Å². The number of rotatable bonds is 2. The molecule has 2 aliphatic heterocycles. The Hall–Kier alpha value is -3.90. The van der Waals surface area contributed by atoms with E-state index in [1.807, 2.05) is 32.0 Å². The molecule has 0 fully saturated rings. The molecule has 4 aromatic rings. The van der Waals surface area contributed by atoms with Gasteiger partial charge in [0.15, 0.2) is 11.0 Å². The quantitative estimate of drug-likeness (QED) is 0.404. The molecule has 0 bridgehead atoms. The van der Waals surface area contributed by atoms with Crippen LogP contribution in [-0.4, -0.2) is 23.8 Å². The molecule has 0 aliphatic carbocycles. The molecule has 1 atom stereocenters. The van der Waals surface area contributed by atoms with Crippen molar-refractivity contribution in [1.82, 2.24) is 4.90 Å². The zero-order chi connectivity index (χ0) is 24.6. The van der Waals surface area contributed by atoms with E-state index >= 15 is 0 Å². The number of carbonyl (C=O) groups excluding carboxylic acids is 2. The standard InChI is InChI=1S/C28H21ClN2O4/c1-15-12-18-22(13-16(15)2)35-25-23(24(18)32)28(19-9-5-7-11-21(19)30(3)27(28)34)31(26(25)33)14-17-8-4-6-10-20(17)29/h4-13H,14H2,1-3H3. The van der Waals surface area contributed by atoms with Crippen LogP contribution in [0.2, 0.25) is 5.02 Å². The van der Waals surface area contributed by atoms with Crippen molar-refractivity contribution in [3.8, 4) is 0 Å². The van der Waals surface area contributed by atoms with E-state index in [2.05, 4.69) is 0 Å². The lowest BCUT2D eigenvalue weighted by molar-refractivity contribution is -0.126. The van der Waals surface area contributed by atoms with Gasteiger partial charge in [0.2, 0.25) is 5.76 Å². The Bertz CT molecular complexity index is 1660. The molecule has 0 N–H and O–H groups in total. The Morgan fingerprint density at radius 2 is 1.63 bits per heavy atom. The van der Waals surface area contributed by atoms with E-state index in [-0.39, 0.29) is 29.2 Å². The van der Waals surface area contributed by atoms with E-state index in [0.29, 0.717) is 32.8 Å². The number of likely N-dealkylation sites (N-methyl/N-ethyl adjacent to an activating group) is 1. The molecule has 0 saturated carbocycles. The Kier molecular flexibility index (Phi) is 4.51. The van der Waals surface area contributed by atoms with Gasteiger partial charge in [0.05, 0.1) is 10.9 Å². The van der Waals surface area contributed by atoms with Crippen molar-refractivity contribution in [2.45, 2.75) is 25.9 Å². The molecule has 1 unspecified atom stereocenters. The first kappa shape index (κ1) is 21.6. The van der Waals surface area contributed by atoms with Gasteiger partial charge in [0, 0.05) is 29.9 Å². The number of anilines is 1. The first-order valence-corrected chi connectivity index (χ1v) is 11.7. The zero-order valence-electron chi connectivity index (χ0n) is 19.4. The number of benzene rings is 3. The molecule has 1 spiro atoms. The fourth-order valence-corrected chi connectivity index (χ4v) is 5.56. The molecule has 6 rings (SSSR count). The summed E-state index contributed by atoms with van der Waals surface area (Å²) in [4.78, 5) is 45.1. The summed E-state index contributed by atoms with van der Waals surface area (Å²) < 4.78 is 6.12.